The largest absolute Gasteiger partial charge is 0.384 e. The van der Waals surface area contributed by atoms with Crippen LogP contribution in [-0.2, 0) is 5.60 Å². The third-order valence-electron chi connectivity index (χ3n) is 4.53. The van der Waals surface area contributed by atoms with Crippen molar-refractivity contribution in [3.8, 4) is 0 Å². The molecule has 0 amide bonds. The summed E-state index contributed by atoms with van der Waals surface area (Å²) in [6, 6.07) is 8.24. The number of piperidine rings is 1. The van der Waals surface area contributed by atoms with E-state index in [0.717, 1.165) is 35.3 Å². The van der Waals surface area contributed by atoms with Gasteiger partial charge in [-0.15, -0.1) is 0 Å². The number of benzene rings is 1. The van der Waals surface area contributed by atoms with Crippen molar-refractivity contribution >= 4 is 15.9 Å². The molecule has 0 aliphatic carbocycles. The average molecular weight is 326 g/mol. The number of nitrogens with one attached hydrogen (secondary N) is 1. The van der Waals surface area contributed by atoms with Gasteiger partial charge in [0, 0.05) is 10.5 Å². The number of hydrogen-bond acceptors (Lipinski definition) is 2. The molecule has 1 aromatic carbocycles. The van der Waals surface area contributed by atoms with Crippen molar-refractivity contribution < 1.29 is 5.11 Å². The van der Waals surface area contributed by atoms with Gasteiger partial charge in [0.15, 0.2) is 0 Å². The molecular formula is C16H24BrNO. The molecule has 0 radical (unpaired) electrons. The fraction of sp³-hybridized carbons (Fsp3) is 0.625. The van der Waals surface area contributed by atoms with E-state index < -0.39 is 5.60 Å². The molecule has 3 heteroatoms. The van der Waals surface area contributed by atoms with Gasteiger partial charge in [-0.3, -0.25) is 0 Å². The maximum Gasteiger partial charge on any atom is 0.105 e. The summed E-state index contributed by atoms with van der Waals surface area (Å²) < 4.78 is 1.03. The van der Waals surface area contributed by atoms with E-state index in [0.29, 0.717) is 0 Å². The third-order valence-corrected chi connectivity index (χ3v) is 5.02. The Labute approximate surface area is 124 Å². The fourth-order valence-electron chi connectivity index (χ4n) is 3.14. The smallest absolute Gasteiger partial charge is 0.105 e. The quantitative estimate of drug-likeness (QED) is 0.881. The van der Waals surface area contributed by atoms with Crippen LogP contribution in [0, 0.1) is 5.92 Å². The molecule has 1 heterocycles. The Morgan fingerprint density at radius 2 is 2.21 bits per heavy atom. The highest BCUT2D eigenvalue weighted by Gasteiger charge is 2.39. The highest BCUT2D eigenvalue weighted by Crippen LogP contribution is 2.36. The van der Waals surface area contributed by atoms with Crippen molar-refractivity contribution in [1.82, 2.24) is 5.32 Å². The summed E-state index contributed by atoms with van der Waals surface area (Å²) in [6.07, 6.45) is 4.23. The Kier molecular flexibility index (Phi) is 5.04. The predicted octanol–water partition coefficient (Wildman–Crippen LogP) is 3.82. The predicted molar refractivity (Wildman–Crippen MR) is 83.1 cm³/mol. The van der Waals surface area contributed by atoms with Crippen LogP contribution in [0.15, 0.2) is 28.7 Å². The second kappa shape index (κ2) is 6.38. The van der Waals surface area contributed by atoms with E-state index in [4.69, 9.17) is 0 Å². The number of aliphatic hydroxyl groups is 1. The van der Waals surface area contributed by atoms with Crippen molar-refractivity contribution in [1.29, 1.82) is 0 Å². The second-order valence-electron chi connectivity index (χ2n) is 5.59. The lowest BCUT2D eigenvalue weighted by Crippen LogP contribution is -2.52. The standard InChI is InChI=1S/C16H24BrNO/c1-3-12-8-9-18-15(10-12)16(19,4-2)13-6-5-7-14(17)11-13/h5-7,11-12,15,18-19H,3-4,8-10H2,1-2H3. The van der Waals surface area contributed by atoms with E-state index in [1.807, 2.05) is 24.3 Å². The lowest BCUT2D eigenvalue weighted by Gasteiger charge is -2.41. The molecule has 1 fully saturated rings. The minimum absolute atomic E-state index is 0.158. The van der Waals surface area contributed by atoms with E-state index in [1.54, 1.807) is 0 Å². The van der Waals surface area contributed by atoms with Gasteiger partial charge >= 0.3 is 0 Å². The highest BCUT2D eigenvalue weighted by atomic mass is 79.9. The van der Waals surface area contributed by atoms with Gasteiger partial charge in [-0.05, 0) is 49.4 Å². The van der Waals surface area contributed by atoms with Gasteiger partial charge in [-0.25, -0.2) is 0 Å². The Bertz CT molecular complexity index is 423. The Hall–Kier alpha value is -0.380. The number of hydrogen-bond donors (Lipinski definition) is 2. The average Bonchev–Trinajstić information content (AvgIpc) is 2.46. The summed E-state index contributed by atoms with van der Waals surface area (Å²) in [5.74, 6) is 0.733. The van der Waals surface area contributed by atoms with Crippen LogP contribution in [0.1, 0.15) is 45.1 Å². The van der Waals surface area contributed by atoms with Crippen molar-refractivity contribution in [3.05, 3.63) is 34.3 Å². The highest BCUT2D eigenvalue weighted by molar-refractivity contribution is 9.10. The van der Waals surface area contributed by atoms with Gasteiger partial charge in [-0.1, -0.05) is 48.3 Å². The van der Waals surface area contributed by atoms with Crippen LogP contribution in [-0.4, -0.2) is 17.7 Å². The van der Waals surface area contributed by atoms with E-state index in [1.165, 1.54) is 12.8 Å². The molecule has 0 spiro atoms. The molecule has 2 rings (SSSR count). The van der Waals surface area contributed by atoms with E-state index in [2.05, 4.69) is 35.1 Å². The van der Waals surface area contributed by atoms with Gasteiger partial charge < -0.3 is 10.4 Å². The summed E-state index contributed by atoms with van der Waals surface area (Å²) in [6.45, 7) is 5.33. The minimum atomic E-state index is -0.766. The van der Waals surface area contributed by atoms with Gasteiger partial charge in [0.25, 0.3) is 0 Å². The molecule has 1 aliphatic rings. The zero-order valence-electron chi connectivity index (χ0n) is 11.8. The second-order valence-corrected chi connectivity index (χ2v) is 6.51. The zero-order chi connectivity index (χ0) is 13.9. The maximum absolute atomic E-state index is 11.2. The molecule has 19 heavy (non-hydrogen) atoms. The van der Waals surface area contributed by atoms with Crippen LogP contribution in [0.3, 0.4) is 0 Å². The molecule has 1 aliphatic heterocycles. The van der Waals surface area contributed by atoms with Crippen LogP contribution in [0.25, 0.3) is 0 Å². The normalized spacial score (nSPS) is 26.9. The first kappa shape index (κ1) is 15.0. The molecule has 2 nitrogen and oxygen atoms in total. The lowest BCUT2D eigenvalue weighted by atomic mass is 9.77. The van der Waals surface area contributed by atoms with Crippen molar-refractivity contribution in [3.63, 3.8) is 0 Å². The van der Waals surface area contributed by atoms with Crippen molar-refractivity contribution in [2.75, 3.05) is 6.54 Å². The molecule has 0 aromatic heterocycles. The molecule has 1 aromatic rings. The molecule has 2 N–H and O–H groups in total. The molecule has 3 unspecified atom stereocenters. The maximum atomic E-state index is 11.2. The summed E-state index contributed by atoms with van der Waals surface area (Å²) in [7, 11) is 0. The molecule has 0 saturated carbocycles. The van der Waals surface area contributed by atoms with Crippen molar-refractivity contribution in [2.45, 2.75) is 51.2 Å². The summed E-state index contributed by atoms with van der Waals surface area (Å²) in [5.41, 5.74) is 0.246. The van der Waals surface area contributed by atoms with Gasteiger partial charge in [0.2, 0.25) is 0 Å². The molecule has 3 atom stereocenters. The van der Waals surface area contributed by atoms with Gasteiger partial charge in [0.1, 0.15) is 5.60 Å². The SMILES string of the molecule is CCC1CCNC(C(O)(CC)c2cccc(Br)c2)C1. The Balaban J connectivity index is 2.26. The first-order valence-electron chi connectivity index (χ1n) is 7.32. The molecular weight excluding hydrogens is 302 g/mol. The number of rotatable bonds is 4. The third kappa shape index (κ3) is 3.21. The molecule has 0 bridgehead atoms. The zero-order valence-corrected chi connectivity index (χ0v) is 13.4. The van der Waals surface area contributed by atoms with Crippen LogP contribution >= 0.6 is 15.9 Å². The van der Waals surface area contributed by atoms with E-state index in [9.17, 15) is 5.11 Å². The fourth-order valence-corrected chi connectivity index (χ4v) is 3.54. The lowest BCUT2D eigenvalue weighted by molar-refractivity contribution is -0.0236. The van der Waals surface area contributed by atoms with Gasteiger partial charge in [-0.2, -0.15) is 0 Å². The first-order chi connectivity index (χ1) is 9.10. The van der Waals surface area contributed by atoms with Crippen LogP contribution in [0.5, 0.6) is 0 Å². The monoisotopic (exact) mass is 325 g/mol. The summed E-state index contributed by atoms with van der Waals surface area (Å²) in [5, 5.41) is 14.7. The molecule has 1 saturated heterocycles. The summed E-state index contributed by atoms with van der Waals surface area (Å²) >= 11 is 3.50. The van der Waals surface area contributed by atoms with Crippen LogP contribution in [0.4, 0.5) is 0 Å². The van der Waals surface area contributed by atoms with Crippen LogP contribution in [0.2, 0.25) is 0 Å². The first-order valence-corrected chi connectivity index (χ1v) is 8.11. The van der Waals surface area contributed by atoms with E-state index >= 15 is 0 Å². The summed E-state index contributed by atoms with van der Waals surface area (Å²) in [4.78, 5) is 0. The Morgan fingerprint density at radius 1 is 1.42 bits per heavy atom. The van der Waals surface area contributed by atoms with Crippen molar-refractivity contribution in [2.24, 2.45) is 5.92 Å². The minimum Gasteiger partial charge on any atom is -0.384 e. The van der Waals surface area contributed by atoms with E-state index in [-0.39, 0.29) is 6.04 Å². The van der Waals surface area contributed by atoms with Crippen LogP contribution < -0.4 is 5.32 Å². The van der Waals surface area contributed by atoms with Gasteiger partial charge in [0.05, 0.1) is 0 Å². The Morgan fingerprint density at radius 3 is 2.84 bits per heavy atom. The number of halogens is 1. The topological polar surface area (TPSA) is 32.3 Å². The molecule has 106 valence electrons.